The minimum absolute atomic E-state index is 0.113. The molecule has 2 aromatic rings. The number of hydrogen-bond donors (Lipinski definition) is 2. The summed E-state index contributed by atoms with van der Waals surface area (Å²) in [5, 5.41) is 9.03. The fourth-order valence-corrected chi connectivity index (χ4v) is 3.31. The summed E-state index contributed by atoms with van der Waals surface area (Å²) in [5.74, 6) is -1.77. The Bertz CT molecular complexity index is 783. The van der Waals surface area contributed by atoms with E-state index < -0.39 is 17.8 Å². The molecule has 0 spiro atoms. The van der Waals surface area contributed by atoms with Crippen molar-refractivity contribution >= 4 is 50.1 Å². The van der Waals surface area contributed by atoms with Gasteiger partial charge in [-0.05, 0) is 28.4 Å². The Balaban J connectivity index is 2.44. The zero-order valence-corrected chi connectivity index (χ0v) is 14.8. The molecule has 0 aromatic carbocycles. The summed E-state index contributed by atoms with van der Waals surface area (Å²) >= 11 is 4.12. The number of esters is 2. The molecular weight excluding hydrogens is 390 g/mol. The lowest BCUT2D eigenvalue weighted by atomic mass is 10.1. The third-order valence-electron chi connectivity index (χ3n) is 2.95. The predicted molar refractivity (Wildman–Crippen MR) is 86.0 cm³/mol. The average molecular weight is 402 g/mol. The van der Waals surface area contributed by atoms with Gasteiger partial charge in [0, 0.05) is 0 Å². The van der Waals surface area contributed by atoms with Gasteiger partial charge in [0.1, 0.15) is 15.6 Å². The van der Waals surface area contributed by atoms with Crippen molar-refractivity contribution in [2.24, 2.45) is 0 Å². The summed E-state index contributed by atoms with van der Waals surface area (Å²) in [5.41, 5.74) is 0.682. The van der Waals surface area contributed by atoms with Crippen molar-refractivity contribution in [2.75, 3.05) is 19.5 Å². The Hall–Kier alpha value is -2.20. The Kier molecular flexibility index (Phi) is 5.16. The van der Waals surface area contributed by atoms with E-state index in [0.29, 0.717) is 10.0 Å². The van der Waals surface area contributed by atoms with Crippen LogP contribution in [0.1, 0.15) is 36.1 Å². The molecule has 0 bridgehead atoms. The Morgan fingerprint density at radius 1 is 1.26 bits per heavy atom. The van der Waals surface area contributed by atoms with Crippen molar-refractivity contribution in [2.45, 2.75) is 6.92 Å². The molecule has 0 radical (unpaired) electrons. The maximum Gasteiger partial charge on any atom is 0.348 e. The topological polar surface area (TPSA) is 110 Å². The standard InChI is InChI=1S/C13H12BrN3O5S/c1-5-7(12(19)21-2)11(23-9(5)13(20)22-3)16-10(18)8-6(14)4-15-17-8/h4H,1-3H3,(H,15,17)(H,16,18). The second-order valence-electron chi connectivity index (χ2n) is 4.29. The Morgan fingerprint density at radius 3 is 2.43 bits per heavy atom. The summed E-state index contributed by atoms with van der Waals surface area (Å²) in [6.07, 6.45) is 1.43. The van der Waals surface area contributed by atoms with E-state index in [4.69, 9.17) is 4.74 Å². The minimum Gasteiger partial charge on any atom is -0.465 e. The van der Waals surface area contributed by atoms with E-state index >= 15 is 0 Å². The number of aromatic nitrogens is 2. The molecule has 122 valence electrons. The van der Waals surface area contributed by atoms with Gasteiger partial charge in [-0.25, -0.2) is 9.59 Å². The maximum absolute atomic E-state index is 12.2. The number of methoxy groups -OCH3 is 2. The quantitative estimate of drug-likeness (QED) is 0.760. The van der Waals surface area contributed by atoms with Gasteiger partial charge >= 0.3 is 11.9 Å². The number of hydrogen-bond acceptors (Lipinski definition) is 7. The number of rotatable bonds is 4. The van der Waals surface area contributed by atoms with Crippen LogP contribution in [0.15, 0.2) is 10.7 Å². The highest BCUT2D eigenvalue weighted by Crippen LogP contribution is 2.34. The second-order valence-corrected chi connectivity index (χ2v) is 6.17. The Morgan fingerprint density at radius 2 is 1.91 bits per heavy atom. The van der Waals surface area contributed by atoms with E-state index in [9.17, 15) is 14.4 Å². The number of halogens is 1. The lowest BCUT2D eigenvalue weighted by molar-refractivity contribution is 0.0601. The first-order valence-corrected chi connectivity index (χ1v) is 7.81. The lowest BCUT2D eigenvalue weighted by Crippen LogP contribution is -2.15. The molecule has 2 N–H and O–H groups in total. The number of nitrogens with zero attached hydrogens (tertiary/aromatic N) is 1. The predicted octanol–water partition coefficient (Wildman–Crippen LogP) is 2.37. The van der Waals surface area contributed by atoms with Crippen LogP contribution < -0.4 is 5.32 Å². The molecule has 1 amide bonds. The van der Waals surface area contributed by atoms with E-state index in [1.54, 1.807) is 6.92 Å². The number of thiophene rings is 1. The zero-order chi connectivity index (χ0) is 17.1. The average Bonchev–Trinajstić information content (AvgIpc) is 3.09. The second kappa shape index (κ2) is 6.92. The maximum atomic E-state index is 12.2. The van der Waals surface area contributed by atoms with Crippen LogP contribution in [0.25, 0.3) is 0 Å². The fraction of sp³-hybridized carbons (Fsp3) is 0.231. The van der Waals surface area contributed by atoms with Gasteiger partial charge in [-0.1, -0.05) is 0 Å². The first kappa shape index (κ1) is 17.2. The van der Waals surface area contributed by atoms with Crippen molar-refractivity contribution in [3.8, 4) is 0 Å². The molecule has 0 atom stereocenters. The molecular formula is C13H12BrN3O5S. The highest BCUT2D eigenvalue weighted by molar-refractivity contribution is 9.10. The molecule has 0 aliphatic heterocycles. The Labute approximate surface area is 143 Å². The first-order chi connectivity index (χ1) is 10.9. The minimum atomic E-state index is -0.659. The van der Waals surface area contributed by atoms with Crippen molar-refractivity contribution in [1.82, 2.24) is 10.2 Å². The molecule has 23 heavy (non-hydrogen) atoms. The normalized spacial score (nSPS) is 10.3. The lowest BCUT2D eigenvalue weighted by Gasteiger charge is -2.05. The number of anilines is 1. The smallest absolute Gasteiger partial charge is 0.348 e. The van der Waals surface area contributed by atoms with Gasteiger partial charge in [-0.3, -0.25) is 9.89 Å². The SMILES string of the molecule is COC(=O)c1sc(NC(=O)c2[nH]ncc2Br)c(C(=O)OC)c1C. The van der Waals surface area contributed by atoms with Crippen LogP contribution in [0.4, 0.5) is 5.00 Å². The van der Waals surface area contributed by atoms with Gasteiger partial charge in [0.15, 0.2) is 0 Å². The third kappa shape index (κ3) is 3.27. The highest BCUT2D eigenvalue weighted by Gasteiger charge is 2.27. The van der Waals surface area contributed by atoms with Crippen LogP contribution >= 0.6 is 27.3 Å². The van der Waals surface area contributed by atoms with Crippen molar-refractivity contribution in [3.05, 3.63) is 32.4 Å². The van der Waals surface area contributed by atoms with Crippen LogP contribution in [0.2, 0.25) is 0 Å². The number of amides is 1. The number of H-pyrrole nitrogens is 1. The highest BCUT2D eigenvalue weighted by atomic mass is 79.9. The van der Waals surface area contributed by atoms with Crippen LogP contribution in [-0.4, -0.2) is 42.3 Å². The van der Waals surface area contributed by atoms with E-state index in [1.165, 1.54) is 20.4 Å². The fourth-order valence-electron chi connectivity index (χ4n) is 1.83. The number of ether oxygens (including phenoxy) is 2. The molecule has 2 heterocycles. The van der Waals surface area contributed by atoms with Crippen LogP contribution in [0.5, 0.6) is 0 Å². The summed E-state index contributed by atoms with van der Waals surface area (Å²) in [6.45, 7) is 1.58. The molecule has 8 nitrogen and oxygen atoms in total. The van der Waals surface area contributed by atoms with Gasteiger partial charge < -0.3 is 14.8 Å². The number of nitrogens with one attached hydrogen (secondary N) is 2. The van der Waals surface area contributed by atoms with E-state index in [0.717, 1.165) is 11.3 Å². The van der Waals surface area contributed by atoms with Gasteiger partial charge in [-0.15, -0.1) is 11.3 Å². The summed E-state index contributed by atoms with van der Waals surface area (Å²) in [7, 11) is 2.45. The largest absolute Gasteiger partial charge is 0.465 e. The van der Waals surface area contributed by atoms with E-state index in [1.807, 2.05) is 0 Å². The first-order valence-electron chi connectivity index (χ1n) is 6.20. The number of carbonyl (C=O) groups is 3. The molecule has 10 heteroatoms. The summed E-state index contributed by atoms with van der Waals surface area (Å²) < 4.78 is 9.86. The zero-order valence-electron chi connectivity index (χ0n) is 12.4. The van der Waals surface area contributed by atoms with Gasteiger partial charge in [0.05, 0.1) is 30.5 Å². The molecule has 0 aliphatic rings. The molecule has 2 aromatic heterocycles. The van der Waals surface area contributed by atoms with E-state index in [-0.39, 0.29) is 21.1 Å². The molecule has 0 unspecified atom stereocenters. The van der Waals surface area contributed by atoms with Crippen LogP contribution in [-0.2, 0) is 9.47 Å². The van der Waals surface area contributed by atoms with Gasteiger partial charge in [0.2, 0.25) is 0 Å². The van der Waals surface area contributed by atoms with Crippen LogP contribution in [0, 0.1) is 6.92 Å². The van der Waals surface area contributed by atoms with Crippen molar-refractivity contribution < 1.29 is 23.9 Å². The molecule has 0 saturated heterocycles. The summed E-state index contributed by atoms with van der Waals surface area (Å²) in [6, 6.07) is 0. The molecule has 0 aliphatic carbocycles. The van der Waals surface area contributed by atoms with Gasteiger partial charge in [-0.2, -0.15) is 5.10 Å². The number of aromatic amines is 1. The van der Waals surface area contributed by atoms with E-state index in [2.05, 4.69) is 36.2 Å². The summed E-state index contributed by atoms with van der Waals surface area (Å²) in [4.78, 5) is 36.2. The third-order valence-corrected chi connectivity index (χ3v) is 4.74. The monoisotopic (exact) mass is 401 g/mol. The molecule has 0 saturated carbocycles. The van der Waals surface area contributed by atoms with Crippen LogP contribution in [0.3, 0.4) is 0 Å². The van der Waals surface area contributed by atoms with Gasteiger partial charge in [0.25, 0.3) is 5.91 Å². The van der Waals surface area contributed by atoms with Crippen molar-refractivity contribution in [1.29, 1.82) is 0 Å². The molecule has 0 fully saturated rings. The number of carbonyl (C=O) groups excluding carboxylic acids is 3. The molecule has 2 rings (SSSR count). The van der Waals surface area contributed by atoms with Crippen molar-refractivity contribution in [3.63, 3.8) is 0 Å².